The summed E-state index contributed by atoms with van der Waals surface area (Å²) in [4.78, 5) is 28.8. The molecule has 2 aromatic rings. The van der Waals surface area contributed by atoms with E-state index in [0.29, 0.717) is 43.9 Å². The fraction of sp³-hybridized carbons (Fsp3) is 0.788. The maximum Gasteiger partial charge on any atom is 0.306 e. The van der Waals surface area contributed by atoms with E-state index in [0.717, 1.165) is 77.4 Å². The Balaban J connectivity index is 1.23. The van der Waals surface area contributed by atoms with Crippen molar-refractivity contribution < 1.29 is 23.5 Å². The van der Waals surface area contributed by atoms with Gasteiger partial charge in [-0.25, -0.2) is 0 Å². The van der Waals surface area contributed by atoms with Gasteiger partial charge in [-0.3, -0.25) is 9.59 Å². The van der Waals surface area contributed by atoms with Gasteiger partial charge in [0.2, 0.25) is 0 Å². The zero-order chi connectivity index (χ0) is 51.9. The number of unbranched alkanes of at least 4 members (excludes halogenated alkanes) is 5. The maximum absolute atomic E-state index is 13.1. The van der Waals surface area contributed by atoms with Crippen molar-refractivity contribution in [2.45, 2.75) is 289 Å². The number of hydrogen-bond donors (Lipinski definition) is 0. The molecule has 6 nitrogen and oxygen atoms in total. The Labute approximate surface area is 451 Å². The molecule has 2 saturated carbocycles. The van der Waals surface area contributed by atoms with Gasteiger partial charge in [-0.05, 0) is 105 Å². The predicted octanol–water partition coefficient (Wildman–Crippen LogP) is 17.8. The quantitative estimate of drug-likeness (QED) is 0.0561. The Morgan fingerprint density at radius 1 is 0.466 bits per heavy atom. The molecule has 0 atom stereocenters. The minimum Gasteiger partial charge on any atom is -0.466 e. The van der Waals surface area contributed by atoms with E-state index in [-0.39, 0.29) is 17.0 Å². The van der Waals surface area contributed by atoms with Crippen molar-refractivity contribution in [3.63, 3.8) is 0 Å². The summed E-state index contributed by atoms with van der Waals surface area (Å²) in [6, 6.07) is 22.5. The largest absolute Gasteiger partial charge is 0.466 e. The SMILES string of the molecule is CN(CCCCO[Si](c1ccccc1)(c1ccccc1)C(C)(C)C)C(CCCCCOC(=O)CC1CCCCCCCCCCCCCC1)CCCCCOC(=O)CC1CCCCCCCCCCCCCC1. The molecule has 2 aromatic carbocycles. The minimum atomic E-state index is -2.55. The lowest BCUT2D eigenvalue weighted by Crippen LogP contribution is -2.66. The Hall–Kier alpha value is -2.48. The highest BCUT2D eigenvalue weighted by atomic mass is 28.4. The molecule has 416 valence electrons. The number of carbonyl (C=O) groups is 2. The molecule has 0 amide bonds. The number of benzene rings is 2. The van der Waals surface area contributed by atoms with E-state index in [2.05, 4.69) is 93.4 Å². The van der Waals surface area contributed by atoms with Gasteiger partial charge in [0.05, 0.1) is 13.2 Å². The first kappa shape index (κ1) is 63.1. The molecule has 0 aliphatic heterocycles. The number of esters is 2. The highest BCUT2D eigenvalue weighted by Gasteiger charge is 2.50. The molecule has 0 heterocycles. The summed E-state index contributed by atoms with van der Waals surface area (Å²) in [6.07, 6.45) is 49.2. The Morgan fingerprint density at radius 3 is 1.14 bits per heavy atom. The van der Waals surface area contributed by atoms with Crippen molar-refractivity contribution in [2.75, 3.05) is 33.4 Å². The number of hydrogen-bond acceptors (Lipinski definition) is 6. The smallest absolute Gasteiger partial charge is 0.306 e. The number of rotatable bonds is 25. The third-order valence-electron chi connectivity index (χ3n) is 17.0. The maximum atomic E-state index is 13.1. The van der Waals surface area contributed by atoms with Crippen LogP contribution in [0.1, 0.15) is 278 Å². The summed E-state index contributed by atoms with van der Waals surface area (Å²) in [7, 11) is -0.219. The van der Waals surface area contributed by atoms with Crippen molar-refractivity contribution in [3.05, 3.63) is 60.7 Å². The molecule has 7 heteroatoms. The molecule has 4 rings (SSSR count). The Bertz CT molecular complexity index is 1500. The third kappa shape index (κ3) is 27.4. The molecule has 0 spiro atoms. The van der Waals surface area contributed by atoms with Crippen LogP contribution in [0, 0.1) is 11.8 Å². The molecule has 0 unspecified atom stereocenters. The van der Waals surface area contributed by atoms with Crippen molar-refractivity contribution in [1.82, 2.24) is 4.90 Å². The monoisotopic (exact) mass is 1030 g/mol. The van der Waals surface area contributed by atoms with E-state index in [9.17, 15) is 9.59 Å². The summed E-state index contributed by atoms with van der Waals surface area (Å²) >= 11 is 0. The van der Waals surface area contributed by atoms with Gasteiger partial charge in [0.1, 0.15) is 0 Å². The molecular weight excluding hydrogens is 915 g/mol. The normalized spacial score (nSPS) is 18.1. The van der Waals surface area contributed by atoms with Crippen molar-refractivity contribution in [3.8, 4) is 0 Å². The number of carbonyl (C=O) groups excluding carboxylic acids is 2. The van der Waals surface area contributed by atoms with Gasteiger partial charge >= 0.3 is 11.9 Å². The van der Waals surface area contributed by atoms with Crippen molar-refractivity contribution in [1.29, 1.82) is 0 Å². The van der Waals surface area contributed by atoms with Crippen LogP contribution >= 0.6 is 0 Å². The molecular formula is C66H113NO5Si. The Morgan fingerprint density at radius 2 is 0.795 bits per heavy atom. The molecule has 0 N–H and O–H groups in total. The average Bonchev–Trinajstić information content (AvgIpc) is 3.40. The van der Waals surface area contributed by atoms with E-state index < -0.39 is 8.32 Å². The van der Waals surface area contributed by atoms with Gasteiger partial charge in [-0.15, -0.1) is 0 Å². The van der Waals surface area contributed by atoms with Crippen LogP contribution in [0.25, 0.3) is 0 Å². The van der Waals surface area contributed by atoms with Gasteiger partial charge in [-0.2, -0.15) is 0 Å². The van der Waals surface area contributed by atoms with Crippen LogP contribution in [-0.2, 0) is 23.5 Å². The third-order valence-corrected chi connectivity index (χ3v) is 22.1. The second-order valence-electron chi connectivity index (χ2n) is 24.3. The first-order chi connectivity index (χ1) is 35.7. The lowest BCUT2D eigenvalue weighted by atomic mass is 9.91. The fourth-order valence-electron chi connectivity index (χ4n) is 12.5. The van der Waals surface area contributed by atoms with Crippen LogP contribution in [0.3, 0.4) is 0 Å². The Kier molecular flexibility index (Phi) is 34.4. The molecule has 73 heavy (non-hydrogen) atoms. The topological polar surface area (TPSA) is 65.1 Å². The highest BCUT2D eigenvalue weighted by Crippen LogP contribution is 2.37. The van der Waals surface area contributed by atoms with Gasteiger partial charge in [-0.1, -0.05) is 261 Å². The van der Waals surface area contributed by atoms with Crippen LogP contribution in [0.5, 0.6) is 0 Å². The van der Waals surface area contributed by atoms with Crippen LogP contribution < -0.4 is 10.4 Å². The van der Waals surface area contributed by atoms with Gasteiger partial charge in [0.15, 0.2) is 0 Å². The van der Waals surface area contributed by atoms with Crippen LogP contribution in [-0.4, -0.2) is 64.6 Å². The van der Waals surface area contributed by atoms with E-state index in [1.807, 2.05) is 0 Å². The number of nitrogens with zero attached hydrogens (tertiary/aromatic N) is 1. The van der Waals surface area contributed by atoms with Gasteiger partial charge in [0.25, 0.3) is 8.32 Å². The first-order valence-corrected chi connectivity index (χ1v) is 33.4. The first-order valence-electron chi connectivity index (χ1n) is 31.5. The highest BCUT2D eigenvalue weighted by molar-refractivity contribution is 6.99. The minimum absolute atomic E-state index is 0.0233. The fourth-order valence-corrected chi connectivity index (χ4v) is 17.1. The van der Waals surface area contributed by atoms with E-state index in [1.165, 1.54) is 190 Å². The second kappa shape index (κ2) is 39.8. The average molecular weight is 1030 g/mol. The summed E-state index contributed by atoms with van der Waals surface area (Å²) in [5.74, 6) is 1.04. The second-order valence-corrected chi connectivity index (χ2v) is 28.6. The summed E-state index contributed by atoms with van der Waals surface area (Å²) in [5.41, 5.74) is 0. The molecule has 2 aliphatic carbocycles. The van der Waals surface area contributed by atoms with Crippen molar-refractivity contribution in [2.24, 2.45) is 11.8 Å². The van der Waals surface area contributed by atoms with E-state index >= 15 is 0 Å². The molecule has 0 aromatic heterocycles. The number of ether oxygens (including phenoxy) is 2. The van der Waals surface area contributed by atoms with Crippen LogP contribution in [0.15, 0.2) is 60.7 Å². The van der Waals surface area contributed by atoms with Gasteiger partial charge < -0.3 is 18.8 Å². The van der Waals surface area contributed by atoms with Crippen LogP contribution in [0.2, 0.25) is 5.04 Å². The predicted molar refractivity (Wildman–Crippen MR) is 314 cm³/mol. The zero-order valence-corrected chi connectivity index (χ0v) is 49.1. The van der Waals surface area contributed by atoms with Crippen molar-refractivity contribution >= 4 is 30.6 Å². The van der Waals surface area contributed by atoms with Gasteiger partial charge in [0, 0.05) is 25.5 Å². The van der Waals surface area contributed by atoms with Crippen LogP contribution in [0.4, 0.5) is 0 Å². The molecule has 0 bridgehead atoms. The summed E-state index contributed by atoms with van der Waals surface area (Å²) in [5, 5.41) is 2.66. The summed E-state index contributed by atoms with van der Waals surface area (Å²) < 4.78 is 19.1. The van der Waals surface area contributed by atoms with E-state index in [1.54, 1.807) is 0 Å². The lowest BCUT2D eigenvalue weighted by Gasteiger charge is -2.43. The lowest BCUT2D eigenvalue weighted by molar-refractivity contribution is -0.146. The summed E-state index contributed by atoms with van der Waals surface area (Å²) in [6.45, 7) is 10.00. The molecule has 0 radical (unpaired) electrons. The molecule has 2 aliphatic rings. The molecule has 2 fully saturated rings. The zero-order valence-electron chi connectivity index (χ0n) is 48.1. The molecule has 0 saturated heterocycles. The van der Waals surface area contributed by atoms with E-state index in [4.69, 9.17) is 13.9 Å². The standard InChI is InChI=1S/C66H113NO5Si/c1-66(2,3)73(62-49-35-25-36-50-62,63-51-37-26-38-52-63)72-56-42-39-53-67(4)61(47-33-27-40-54-70-64(68)57-59-43-29-21-17-13-9-5-6-10-14-18-22-30-44-59)48-34-28-41-55-71-65(69)58-60-45-31-23-19-15-11-7-8-12-16-20-24-32-46-60/h25-26,35-38,49-52,59-61H,5-24,27-34,39-48,53-58H2,1-4H3.